The van der Waals surface area contributed by atoms with E-state index in [0.717, 1.165) is 0 Å². The number of rotatable bonds is 1. The van der Waals surface area contributed by atoms with E-state index in [0.29, 0.717) is 0 Å². The van der Waals surface area contributed by atoms with Gasteiger partial charge in [0.05, 0.1) is 0 Å². The fourth-order valence-electron chi connectivity index (χ4n) is 1.84. The minimum Gasteiger partial charge on any atom is -0.0690 e. The monoisotopic (exact) mass is 172 g/mol. The van der Waals surface area contributed by atoms with Crippen molar-refractivity contribution in [2.24, 2.45) is 0 Å². The zero-order valence-corrected chi connectivity index (χ0v) is 8.65. The molecule has 0 aliphatic heterocycles. The molecule has 1 aliphatic rings. The standard InChI is InChI=1S/C13H16/c1-9-6-10(2)13(11(3)7-9)8-12-4-5-12/h6-8H,4-5H2,1-3H3. The Morgan fingerprint density at radius 3 is 2.00 bits per heavy atom. The highest BCUT2D eigenvalue weighted by atomic mass is 14.2. The molecule has 1 fully saturated rings. The number of hydrogen-bond donors (Lipinski definition) is 0. The van der Waals surface area contributed by atoms with Crippen LogP contribution in [0.4, 0.5) is 0 Å². The van der Waals surface area contributed by atoms with Gasteiger partial charge in [-0.15, -0.1) is 0 Å². The highest BCUT2D eigenvalue weighted by Gasteiger charge is 2.12. The third-order valence-electron chi connectivity index (χ3n) is 2.63. The van der Waals surface area contributed by atoms with Crippen molar-refractivity contribution >= 4 is 6.08 Å². The van der Waals surface area contributed by atoms with Crippen LogP contribution < -0.4 is 0 Å². The molecular formula is C13H16. The molecule has 13 heavy (non-hydrogen) atoms. The van der Waals surface area contributed by atoms with E-state index < -0.39 is 0 Å². The Labute approximate surface area is 80.3 Å². The summed E-state index contributed by atoms with van der Waals surface area (Å²) in [6.45, 7) is 6.57. The molecule has 0 bridgehead atoms. The topological polar surface area (TPSA) is 0 Å². The molecule has 1 aromatic rings. The summed E-state index contributed by atoms with van der Waals surface area (Å²) in [7, 11) is 0. The maximum atomic E-state index is 2.37. The largest absolute Gasteiger partial charge is 0.0690 e. The van der Waals surface area contributed by atoms with Crippen LogP contribution in [0.1, 0.15) is 35.1 Å². The second-order valence-electron chi connectivity index (χ2n) is 4.11. The van der Waals surface area contributed by atoms with Gasteiger partial charge in [-0.05, 0) is 50.3 Å². The summed E-state index contributed by atoms with van der Waals surface area (Å²) in [5.74, 6) is 0. The Morgan fingerprint density at radius 2 is 1.54 bits per heavy atom. The van der Waals surface area contributed by atoms with Crippen LogP contribution in [0.15, 0.2) is 17.7 Å². The molecule has 0 aromatic heterocycles. The van der Waals surface area contributed by atoms with E-state index in [4.69, 9.17) is 0 Å². The van der Waals surface area contributed by atoms with Crippen LogP contribution >= 0.6 is 0 Å². The number of allylic oxidation sites excluding steroid dienone is 1. The molecule has 0 N–H and O–H groups in total. The number of hydrogen-bond acceptors (Lipinski definition) is 0. The minimum atomic E-state index is 1.31. The van der Waals surface area contributed by atoms with E-state index in [9.17, 15) is 0 Å². The Hall–Kier alpha value is -1.04. The summed E-state index contributed by atoms with van der Waals surface area (Å²) >= 11 is 0. The first kappa shape index (κ1) is 8.55. The molecule has 1 saturated carbocycles. The van der Waals surface area contributed by atoms with Crippen molar-refractivity contribution in [2.45, 2.75) is 33.6 Å². The van der Waals surface area contributed by atoms with Crippen molar-refractivity contribution < 1.29 is 0 Å². The zero-order valence-electron chi connectivity index (χ0n) is 8.65. The maximum absolute atomic E-state index is 2.37. The predicted octanol–water partition coefficient (Wildman–Crippen LogP) is 3.79. The second-order valence-corrected chi connectivity index (χ2v) is 4.11. The SMILES string of the molecule is Cc1cc(C)c(C=C2CC2)c(C)c1. The lowest BCUT2D eigenvalue weighted by atomic mass is 9.99. The molecule has 2 rings (SSSR count). The van der Waals surface area contributed by atoms with Crippen molar-refractivity contribution in [3.63, 3.8) is 0 Å². The summed E-state index contributed by atoms with van der Waals surface area (Å²) in [6.07, 6.45) is 4.99. The first-order chi connectivity index (χ1) is 6.16. The van der Waals surface area contributed by atoms with Crippen LogP contribution in [0, 0.1) is 20.8 Å². The number of benzene rings is 1. The van der Waals surface area contributed by atoms with Gasteiger partial charge in [0.25, 0.3) is 0 Å². The van der Waals surface area contributed by atoms with E-state index in [1.165, 1.54) is 35.1 Å². The Morgan fingerprint density at radius 1 is 1.00 bits per heavy atom. The molecule has 0 amide bonds. The summed E-state index contributed by atoms with van der Waals surface area (Å²) < 4.78 is 0. The molecule has 0 radical (unpaired) electrons. The third-order valence-corrected chi connectivity index (χ3v) is 2.63. The summed E-state index contributed by atoms with van der Waals surface area (Å²) in [6, 6.07) is 4.53. The Bertz CT molecular complexity index is 341. The van der Waals surface area contributed by atoms with Crippen LogP contribution in [0.5, 0.6) is 0 Å². The molecule has 0 atom stereocenters. The van der Waals surface area contributed by atoms with Gasteiger partial charge in [0, 0.05) is 0 Å². The van der Waals surface area contributed by atoms with Crippen LogP contribution in [0.2, 0.25) is 0 Å². The lowest BCUT2D eigenvalue weighted by Crippen LogP contribution is -1.87. The lowest BCUT2D eigenvalue weighted by Gasteiger charge is -2.06. The highest BCUT2D eigenvalue weighted by Crippen LogP contribution is 2.32. The molecular weight excluding hydrogens is 156 g/mol. The van der Waals surface area contributed by atoms with Gasteiger partial charge in [-0.25, -0.2) is 0 Å². The normalized spacial score (nSPS) is 14.5. The van der Waals surface area contributed by atoms with E-state index >= 15 is 0 Å². The maximum Gasteiger partial charge on any atom is -0.0198 e. The molecule has 1 aromatic carbocycles. The molecule has 1 aliphatic carbocycles. The molecule has 68 valence electrons. The van der Waals surface area contributed by atoms with Gasteiger partial charge in [0.15, 0.2) is 0 Å². The van der Waals surface area contributed by atoms with Crippen LogP contribution in [0.3, 0.4) is 0 Å². The minimum absolute atomic E-state index is 1.31. The molecule has 0 nitrogen and oxygen atoms in total. The van der Waals surface area contributed by atoms with E-state index in [1.807, 2.05) is 0 Å². The van der Waals surface area contributed by atoms with Crippen LogP contribution in [-0.2, 0) is 0 Å². The van der Waals surface area contributed by atoms with Crippen molar-refractivity contribution in [3.05, 3.63) is 40.0 Å². The van der Waals surface area contributed by atoms with Gasteiger partial charge in [-0.2, -0.15) is 0 Å². The molecule has 0 heterocycles. The average molecular weight is 172 g/mol. The smallest absolute Gasteiger partial charge is 0.0198 e. The first-order valence-corrected chi connectivity index (χ1v) is 4.94. The first-order valence-electron chi connectivity index (χ1n) is 4.94. The van der Waals surface area contributed by atoms with Crippen LogP contribution in [-0.4, -0.2) is 0 Å². The zero-order chi connectivity index (χ0) is 9.42. The van der Waals surface area contributed by atoms with Gasteiger partial charge in [0.2, 0.25) is 0 Å². The van der Waals surface area contributed by atoms with Crippen molar-refractivity contribution in [1.82, 2.24) is 0 Å². The summed E-state index contributed by atoms with van der Waals surface area (Å²) in [4.78, 5) is 0. The molecule has 0 heteroatoms. The van der Waals surface area contributed by atoms with Crippen molar-refractivity contribution in [3.8, 4) is 0 Å². The predicted molar refractivity (Wildman–Crippen MR) is 57.9 cm³/mol. The fourth-order valence-corrected chi connectivity index (χ4v) is 1.84. The van der Waals surface area contributed by atoms with E-state index in [1.54, 1.807) is 5.57 Å². The van der Waals surface area contributed by atoms with Gasteiger partial charge < -0.3 is 0 Å². The van der Waals surface area contributed by atoms with Gasteiger partial charge in [0.1, 0.15) is 0 Å². The Balaban J connectivity index is 2.49. The van der Waals surface area contributed by atoms with E-state index in [-0.39, 0.29) is 0 Å². The van der Waals surface area contributed by atoms with Gasteiger partial charge >= 0.3 is 0 Å². The molecule has 0 saturated heterocycles. The Kier molecular flexibility index (Phi) is 1.99. The summed E-state index contributed by atoms with van der Waals surface area (Å²) in [5.41, 5.74) is 7.25. The number of aryl methyl sites for hydroxylation is 3. The van der Waals surface area contributed by atoms with Crippen molar-refractivity contribution in [2.75, 3.05) is 0 Å². The second kappa shape index (κ2) is 3.02. The lowest BCUT2D eigenvalue weighted by molar-refractivity contribution is 1.30. The average Bonchev–Trinajstić information content (AvgIpc) is 2.79. The molecule has 0 spiro atoms. The quantitative estimate of drug-likeness (QED) is 0.604. The fraction of sp³-hybridized carbons (Fsp3) is 0.385. The van der Waals surface area contributed by atoms with E-state index in [2.05, 4.69) is 39.0 Å². The van der Waals surface area contributed by atoms with Crippen molar-refractivity contribution in [1.29, 1.82) is 0 Å². The molecule has 0 unspecified atom stereocenters. The van der Waals surface area contributed by atoms with Gasteiger partial charge in [-0.3, -0.25) is 0 Å². The third kappa shape index (κ3) is 1.82. The van der Waals surface area contributed by atoms with Gasteiger partial charge in [-0.1, -0.05) is 29.3 Å². The highest BCUT2D eigenvalue weighted by molar-refractivity contribution is 5.63. The summed E-state index contributed by atoms with van der Waals surface area (Å²) in [5, 5.41) is 0. The van der Waals surface area contributed by atoms with Crippen LogP contribution in [0.25, 0.3) is 6.08 Å².